The van der Waals surface area contributed by atoms with Gasteiger partial charge in [-0.25, -0.2) is 15.0 Å². The summed E-state index contributed by atoms with van der Waals surface area (Å²) in [5, 5.41) is 3.64. The highest BCUT2D eigenvalue weighted by molar-refractivity contribution is 7.09. The van der Waals surface area contributed by atoms with Crippen molar-refractivity contribution in [3.8, 4) is 0 Å². The van der Waals surface area contributed by atoms with Crippen molar-refractivity contribution in [1.29, 1.82) is 0 Å². The lowest BCUT2D eigenvalue weighted by Crippen LogP contribution is -2.00. The lowest BCUT2D eigenvalue weighted by molar-refractivity contribution is 0.893. The number of rotatable bonds is 3. The molecule has 0 bridgehead atoms. The van der Waals surface area contributed by atoms with Crippen molar-refractivity contribution in [2.24, 2.45) is 0 Å². The zero-order valence-electron chi connectivity index (χ0n) is 9.48. The minimum Gasteiger partial charge on any atom is -0.246 e. The summed E-state index contributed by atoms with van der Waals surface area (Å²) < 4.78 is 0. The first-order valence-electron chi connectivity index (χ1n) is 5.65. The molecule has 0 atom stereocenters. The maximum atomic E-state index is 6.03. The van der Waals surface area contributed by atoms with E-state index in [2.05, 4.69) is 15.0 Å². The van der Waals surface area contributed by atoms with Crippen LogP contribution in [-0.2, 0) is 6.42 Å². The molecular formula is C12H12ClN3S. The summed E-state index contributed by atoms with van der Waals surface area (Å²) in [7, 11) is 0. The first-order valence-corrected chi connectivity index (χ1v) is 6.91. The Morgan fingerprint density at radius 1 is 1.35 bits per heavy atom. The minimum absolute atomic E-state index is 0.546. The Hall–Kier alpha value is -1.00. The van der Waals surface area contributed by atoms with E-state index in [0.717, 1.165) is 22.2 Å². The molecule has 0 radical (unpaired) electrons. The molecule has 3 rings (SSSR count). The molecule has 88 valence electrons. The van der Waals surface area contributed by atoms with Crippen LogP contribution in [0.4, 0.5) is 0 Å². The molecule has 5 heteroatoms. The van der Waals surface area contributed by atoms with Crippen LogP contribution in [0.1, 0.15) is 41.0 Å². The second-order valence-electron chi connectivity index (χ2n) is 4.37. The number of halogens is 1. The number of aryl methyl sites for hydroxylation is 1. The Bertz CT molecular complexity index is 548. The van der Waals surface area contributed by atoms with E-state index in [-0.39, 0.29) is 0 Å². The van der Waals surface area contributed by atoms with Crippen molar-refractivity contribution in [3.05, 3.63) is 38.8 Å². The SMILES string of the molecule is Cc1csc(Cc2nc(Cl)cc(C3CC3)n2)n1. The van der Waals surface area contributed by atoms with Crippen LogP contribution < -0.4 is 0 Å². The van der Waals surface area contributed by atoms with Gasteiger partial charge < -0.3 is 0 Å². The normalized spacial score (nSPS) is 15.2. The average molecular weight is 266 g/mol. The summed E-state index contributed by atoms with van der Waals surface area (Å²) in [5.41, 5.74) is 2.14. The van der Waals surface area contributed by atoms with Crippen LogP contribution in [0.2, 0.25) is 5.15 Å². The Kier molecular flexibility index (Phi) is 2.84. The van der Waals surface area contributed by atoms with Crippen LogP contribution in [0, 0.1) is 6.92 Å². The Labute approximate surface area is 109 Å². The molecule has 0 aliphatic heterocycles. The number of thiazole rings is 1. The average Bonchev–Trinajstić information content (AvgIpc) is 3.03. The smallest absolute Gasteiger partial charge is 0.137 e. The van der Waals surface area contributed by atoms with E-state index in [9.17, 15) is 0 Å². The lowest BCUT2D eigenvalue weighted by Gasteiger charge is -2.02. The van der Waals surface area contributed by atoms with Gasteiger partial charge in [0.2, 0.25) is 0 Å². The molecule has 0 saturated heterocycles. The topological polar surface area (TPSA) is 38.7 Å². The van der Waals surface area contributed by atoms with E-state index in [1.165, 1.54) is 12.8 Å². The molecule has 0 N–H and O–H groups in total. The van der Waals surface area contributed by atoms with Crippen molar-refractivity contribution in [3.63, 3.8) is 0 Å². The monoisotopic (exact) mass is 265 g/mol. The second kappa shape index (κ2) is 4.35. The molecule has 2 aromatic heterocycles. The maximum Gasteiger partial charge on any atom is 0.137 e. The van der Waals surface area contributed by atoms with Gasteiger partial charge in [0, 0.05) is 22.7 Å². The van der Waals surface area contributed by atoms with Crippen LogP contribution in [0.15, 0.2) is 11.4 Å². The fourth-order valence-electron chi connectivity index (χ4n) is 1.77. The van der Waals surface area contributed by atoms with Crippen molar-refractivity contribution < 1.29 is 0 Å². The predicted molar refractivity (Wildman–Crippen MR) is 68.7 cm³/mol. The zero-order chi connectivity index (χ0) is 11.8. The highest BCUT2D eigenvalue weighted by atomic mass is 35.5. The third-order valence-corrected chi connectivity index (χ3v) is 3.89. The summed E-state index contributed by atoms with van der Waals surface area (Å²) in [6.07, 6.45) is 3.13. The quantitative estimate of drug-likeness (QED) is 0.799. The van der Waals surface area contributed by atoms with Crippen molar-refractivity contribution >= 4 is 22.9 Å². The second-order valence-corrected chi connectivity index (χ2v) is 5.70. The molecule has 1 saturated carbocycles. The van der Waals surface area contributed by atoms with E-state index in [4.69, 9.17) is 11.6 Å². The fraction of sp³-hybridized carbons (Fsp3) is 0.417. The fourth-order valence-corrected chi connectivity index (χ4v) is 2.75. The summed E-state index contributed by atoms with van der Waals surface area (Å²) in [6.45, 7) is 1.99. The largest absolute Gasteiger partial charge is 0.246 e. The van der Waals surface area contributed by atoms with Gasteiger partial charge in [0.1, 0.15) is 16.0 Å². The molecule has 2 aromatic rings. The van der Waals surface area contributed by atoms with E-state index in [1.807, 2.05) is 18.4 Å². The highest BCUT2D eigenvalue weighted by Gasteiger charge is 2.26. The van der Waals surface area contributed by atoms with Gasteiger partial charge in [-0.15, -0.1) is 11.3 Å². The van der Waals surface area contributed by atoms with Crippen LogP contribution >= 0.6 is 22.9 Å². The molecule has 0 unspecified atom stereocenters. The highest BCUT2D eigenvalue weighted by Crippen LogP contribution is 2.39. The summed E-state index contributed by atoms with van der Waals surface area (Å²) in [4.78, 5) is 13.3. The van der Waals surface area contributed by atoms with Gasteiger partial charge in [-0.3, -0.25) is 0 Å². The van der Waals surface area contributed by atoms with Crippen molar-refractivity contribution in [1.82, 2.24) is 15.0 Å². The third kappa shape index (κ3) is 2.64. The molecule has 1 aliphatic carbocycles. The number of aromatic nitrogens is 3. The predicted octanol–water partition coefficient (Wildman–Crippen LogP) is 3.36. The van der Waals surface area contributed by atoms with E-state index in [0.29, 0.717) is 17.5 Å². The first kappa shape index (κ1) is 11.1. The molecule has 0 amide bonds. The van der Waals surface area contributed by atoms with E-state index in [1.54, 1.807) is 11.3 Å². The number of hydrogen-bond donors (Lipinski definition) is 0. The van der Waals surface area contributed by atoms with Crippen molar-refractivity contribution in [2.75, 3.05) is 0 Å². The Morgan fingerprint density at radius 2 is 2.18 bits per heavy atom. The van der Waals surface area contributed by atoms with E-state index < -0.39 is 0 Å². The molecule has 0 aromatic carbocycles. The molecule has 1 aliphatic rings. The number of nitrogens with zero attached hydrogens (tertiary/aromatic N) is 3. The summed E-state index contributed by atoms with van der Waals surface area (Å²) >= 11 is 7.67. The number of hydrogen-bond acceptors (Lipinski definition) is 4. The maximum absolute atomic E-state index is 6.03. The van der Waals surface area contributed by atoms with Gasteiger partial charge in [0.05, 0.1) is 6.42 Å². The van der Waals surface area contributed by atoms with Gasteiger partial charge in [-0.05, 0) is 25.8 Å². The van der Waals surface area contributed by atoms with Crippen LogP contribution in [-0.4, -0.2) is 15.0 Å². The van der Waals surface area contributed by atoms with Gasteiger partial charge in [-0.2, -0.15) is 0 Å². The standard InChI is InChI=1S/C12H12ClN3S/c1-7-6-17-12(14-7)5-11-15-9(8-2-3-8)4-10(13)16-11/h4,6,8H,2-3,5H2,1H3. The molecule has 17 heavy (non-hydrogen) atoms. The van der Waals surface area contributed by atoms with Gasteiger partial charge in [0.15, 0.2) is 0 Å². The molecule has 2 heterocycles. The van der Waals surface area contributed by atoms with Crippen molar-refractivity contribution in [2.45, 2.75) is 32.1 Å². The van der Waals surface area contributed by atoms with Gasteiger partial charge in [0.25, 0.3) is 0 Å². The molecular weight excluding hydrogens is 254 g/mol. The van der Waals surface area contributed by atoms with Crippen LogP contribution in [0.3, 0.4) is 0 Å². The molecule has 1 fully saturated rings. The Morgan fingerprint density at radius 3 is 2.82 bits per heavy atom. The van der Waals surface area contributed by atoms with Crippen LogP contribution in [0.25, 0.3) is 0 Å². The zero-order valence-corrected chi connectivity index (χ0v) is 11.1. The van der Waals surface area contributed by atoms with Crippen LogP contribution in [0.5, 0.6) is 0 Å². The molecule has 3 nitrogen and oxygen atoms in total. The third-order valence-electron chi connectivity index (χ3n) is 2.73. The summed E-state index contributed by atoms with van der Waals surface area (Å²) in [5.74, 6) is 1.39. The van der Waals surface area contributed by atoms with Gasteiger partial charge >= 0.3 is 0 Å². The molecule has 0 spiro atoms. The van der Waals surface area contributed by atoms with Gasteiger partial charge in [-0.1, -0.05) is 11.6 Å². The van der Waals surface area contributed by atoms with E-state index >= 15 is 0 Å². The minimum atomic E-state index is 0.546. The lowest BCUT2D eigenvalue weighted by atomic mass is 10.3. The summed E-state index contributed by atoms with van der Waals surface area (Å²) in [6, 6.07) is 1.88. The Balaban J connectivity index is 1.86. The first-order chi connectivity index (χ1) is 8.20.